The lowest BCUT2D eigenvalue weighted by Crippen LogP contribution is -2.46. The van der Waals surface area contributed by atoms with Gasteiger partial charge in [0.15, 0.2) is 8.32 Å². The van der Waals surface area contributed by atoms with Crippen molar-refractivity contribution in [3.05, 3.63) is 0 Å². The van der Waals surface area contributed by atoms with Gasteiger partial charge in [0.05, 0.1) is 0 Å². The van der Waals surface area contributed by atoms with E-state index in [-0.39, 0.29) is 0 Å². The smallest absolute Gasteiger partial charge is 0.192 e. The molecule has 1 fully saturated rings. The summed E-state index contributed by atoms with van der Waals surface area (Å²) in [5.74, 6) is 0. The van der Waals surface area contributed by atoms with E-state index >= 15 is 0 Å². The third kappa shape index (κ3) is 3.57. The summed E-state index contributed by atoms with van der Waals surface area (Å²) in [6.07, 6.45) is 4.04. The van der Waals surface area contributed by atoms with E-state index in [1.165, 1.54) is 25.8 Å². The second-order valence-electron chi connectivity index (χ2n) is 6.70. The highest BCUT2D eigenvalue weighted by Gasteiger charge is 2.37. The standard InChI is InChI=1S/C13H29NOSi/c1-13(2,3)16(5,6)15-11-12-9-7-8-10-14(12)4/h12H,7-11H2,1-6H3. The molecule has 0 N–H and O–H groups in total. The SMILES string of the molecule is CN1CCCCC1CO[Si](C)(C)C(C)(C)C. The summed E-state index contributed by atoms with van der Waals surface area (Å²) < 4.78 is 6.30. The van der Waals surface area contributed by atoms with Crippen LogP contribution in [0, 0.1) is 0 Å². The first kappa shape index (κ1) is 14.2. The van der Waals surface area contributed by atoms with Gasteiger partial charge in [-0.25, -0.2) is 0 Å². The molecule has 1 unspecified atom stereocenters. The van der Waals surface area contributed by atoms with Gasteiger partial charge in [0.25, 0.3) is 0 Å². The first-order valence-corrected chi connectivity index (χ1v) is 9.49. The molecule has 0 saturated carbocycles. The summed E-state index contributed by atoms with van der Waals surface area (Å²) >= 11 is 0. The molecule has 0 aliphatic carbocycles. The Morgan fingerprint density at radius 2 is 1.88 bits per heavy atom. The maximum atomic E-state index is 6.30. The molecule has 0 radical (unpaired) electrons. The molecule has 1 heterocycles. The molecule has 1 aliphatic rings. The van der Waals surface area contributed by atoms with Crippen molar-refractivity contribution in [3.8, 4) is 0 Å². The predicted molar refractivity (Wildman–Crippen MR) is 73.4 cm³/mol. The van der Waals surface area contributed by atoms with E-state index in [2.05, 4.69) is 45.8 Å². The average Bonchev–Trinajstić information content (AvgIpc) is 2.15. The molecule has 1 atom stereocenters. The van der Waals surface area contributed by atoms with Gasteiger partial charge in [-0.05, 0) is 44.6 Å². The Morgan fingerprint density at radius 1 is 1.25 bits per heavy atom. The second-order valence-corrected chi connectivity index (χ2v) is 11.5. The number of piperidine rings is 1. The van der Waals surface area contributed by atoms with Crippen molar-refractivity contribution in [2.24, 2.45) is 0 Å². The molecule has 3 heteroatoms. The van der Waals surface area contributed by atoms with Crippen molar-refractivity contribution in [2.45, 2.75) is 64.2 Å². The molecule has 0 aromatic heterocycles. The number of likely N-dealkylation sites (tertiary alicyclic amines) is 1. The lowest BCUT2D eigenvalue weighted by atomic mass is 10.0. The number of nitrogens with zero attached hydrogens (tertiary/aromatic N) is 1. The normalized spacial score (nSPS) is 24.8. The van der Waals surface area contributed by atoms with E-state index in [9.17, 15) is 0 Å². The van der Waals surface area contributed by atoms with Gasteiger partial charge >= 0.3 is 0 Å². The average molecular weight is 243 g/mol. The van der Waals surface area contributed by atoms with Gasteiger partial charge < -0.3 is 9.33 Å². The fraction of sp³-hybridized carbons (Fsp3) is 1.00. The van der Waals surface area contributed by atoms with E-state index in [1.54, 1.807) is 0 Å². The number of likely N-dealkylation sites (N-methyl/N-ethyl adjacent to an activating group) is 1. The molecule has 0 aromatic carbocycles. The van der Waals surface area contributed by atoms with Crippen LogP contribution in [-0.2, 0) is 4.43 Å². The summed E-state index contributed by atoms with van der Waals surface area (Å²) in [5, 5.41) is 0.334. The van der Waals surface area contributed by atoms with Crippen LogP contribution in [-0.4, -0.2) is 39.5 Å². The van der Waals surface area contributed by atoms with Crippen LogP contribution in [0.3, 0.4) is 0 Å². The van der Waals surface area contributed by atoms with Gasteiger partial charge in [0.1, 0.15) is 0 Å². The molecule has 16 heavy (non-hydrogen) atoms. The van der Waals surface area contributed by atoms with Crippen LogP contribution in [0.15, 0.2) is 0 Å². The second kappa shape index (κ2) is 5.19. The highest BCUT2D eigenvalue weighted by atomic mass is 28.4. The maximum Gasteiger partial charge on any atom is 0.192 e. The minimum atomic E-state index is -1.55. The monoisotopic (exact) mass is 243 g/mol. The summed E-state index contributed by atoms with van der Waals surface area (Å²) in [6.45, 7) is 13.8. The molecule has 1 saturated heterocycles. The summed E-state index contributed by atoms with van der Waals surface area (Å²) in [6, 6.07) is 0.655. The molecule has 1 aliphatic heterocycles. The predicted octanol–water partition coefficient (Wildman–Crippen LogP) is 3.49. The molecule has 0 bridgehead atoms. The lowest BCUT2D eigenvalue weighted by Gasteiger charge is -2.40. The van der Waals surface area contributed by atoms with E-state index in [4.69, 9.17) is 4.43 Å². The third-order valence-electron chi connectivity index (χ3n) is 4.36. The summed E-state index contributed by atoms with van der Waals surface area (Å²) in [5.41, 5.74) is 0. The Bertz CT molecular complexity index is 222. The van der Waals surface area contributed by atoms with Gasteiger partial charge in [-0.2, -0.15) is 0 Å². The van der Waals surface area contributed by atoms with Crippen LogP contribution in [0.25, 0.3) is 0 Å². The van der Waals surface area contributed by atoms with Gasteiger partial charge in [-0.1, -0.05) is 27.2 Å². The Labute approximate surface area is 102 Å². The van der Waals surface area contributed by atoms with Crippen LogP contribution >= 0.6 is 0 Å². The van der Waals surface area contributed by atoms with E-state index < -0.39 is 8.32 Å². The third-order valence-corrected chi connectivity index (χ3v) is 8.86. The molecule has 2 nitrogen and oxygen atoms in total. The van der Waals surface area contributed by atoms with Gasteiger partial charge in [0, 0.05) is 12.6 Å². The minimum absolute atomic E-state index is 0.334. The van der Waals surface area contributed by atoms with Crippen LogP contribution < -0.4 is 0 Å². The molecule has 96 valence electrons. The van der Waals surface area contributed by atoms with Crippen LogP contribution in [0.4, 0.5) is 0 Å². The van der Waals surface area contributed by atoms with Crippen molar-refractivity contribution in [3.63, 3.8) is 0 Å². The zero-order valence-electron chi connectivity index (χ0n) is 12.0. The molecular weight excluding hydrogens is 214 g/mol. The van der Waals surface area contributed by atoms with Crippen LogP contribution in [0.2, 0.25) is 18.1 Å². The van der Waals surface area contributed by atoms with Crippen molar-refractivity contribution in [1.82, 2.24) is 4.90 Å². The quantitative estimate of drug-likeness (QED) is 0.704. The topological polar surface area (TPSA) is 12.5 Å². The van der Waals surface area contributed by atoms with Crippen molar-refractivity contribution in [2.75, 3.05) is 20.2 Å². The highest BCUT2D eigenvalue weighted by Crippen LogP contribution is 2.36. The van der Waals surface area contributed by atoms with E-state index in [0.717, 1.165) is 6.61 Å². The zero-order chi connectivity index (χ0) is 12.4. The van der Waals surface area contributed by atoms with Crippen molar-refractivity contribution >= 4 is 8.32 Å². The Morgan fingerprint density at radius 3 is 2.38 bits per heavy atom. The first-order valence-electron chi connectivity index (χ1n) is 6.58. The Hall–Kier alpha value is 0.137. The van der Waals surface area contributed by atoms with Crippen molar-refractivity contribution in [1.29, 1.82) is 0 Å². The molecule has 0 amide bonds. The fourth-order valence-electron chi connectivity index (χ4n) is 1.88. The maximum absolute atomic E-state index is 6.30. The van der Waals surface area contributed by atoms with Gasteiger partial charge in [-0.15, -0.1) is 0 Å². The molecule has 0 aromatic rings. The molecule has 1 rings (SSSR count). The lowest BCUT2D eigenvalue weighted by molar-refractivity contribution is 0.118. The van der Waals surface area contributed by atoms with Gasteiger partial charge in [-0.3, -0.25) is 0 Å². The molecular formula is C13H29NOSi. The van der Waals surface area contributed by atoms with Crippen LogP contribution in [0.5, 0.6) is 0 Å². The number of hydrogen-bond acceptors (Lipinski definition) is 2. The van der Waals surface area contributed by atoms with Gasteiger partial charge in [0.2, 0.25) is 0 Å². The highest BCUT2D eigenvalue weighted by molar-refractivity contribution is 6.74. The largest absolute Gasteiger partial charge is 0.415 e. The Balaban J connectivity index is 2.44. The van der Waals surface area contributed by atoms with Crippen molar-refractivity contribution < 1.29 is 4.43 Å². The molecule has 0 spiro atoms. The van der Waals surface area contributed by atoms with E-state index in [1.807, 2.05) is 0 Å². The number of rotatable bonds is 3. The summed E-state index contributed by atoms with van der Waals surface area (Å²) in [7, 11) is 0.690. The summed E-state index contributed by atoms with van der Waals surface area (Å²) in [4.78, 5) is 2.47. The van der Waals surface area contributed by atoms with E-state index in [0.29, 0.717) is 11.1 Å². The zero-order valence-corrected chi connectivity index (χ0v) is 13.0. The Kier molecular flexibility index (Phi) is 4.61. The minimum Gasteiger partial charge on any atom is -0.415 e. The first-order chi connectivity index (χ1) is 7.24. The fourth-order valence-corrected chi connectivity index (χ4v) is 2.92. The number of hydrogen-bond donors (Lipinski definition) is 0. The van der Waals surface area contributed by atoms with Crippen LogP contribution in [0.1, 0.15) is 40.0 Å².